The normalized spacial score (nSPS) is 49.9. The van der Waals surface area contributed by atoms with Crippen molar-refractivity contribution in [3.8, 4) is 0 Å². The van der Waals surface area contributed by atoms with Crippen LogP contribution in [0.5, 0.6) is 0 Å². The smallest absolute Gasteiger partial charge is 0.302 e. The highest BCUT2D eigenvalue weighted by Crippen LogP contribution is 2.69. The van der Waals surface area contributed by atoms with Crippen molar-refractivity contribution in [3.05, 3.63) is 0 Å². The molecule has 4 rings (SSSR count). The summed E-state index contributed by atoms with van der Waals surface area (Å²) in [6.07, 6.45) is 6.99. The van der Waals surface area contributed by atoms with Crippen molar-refractivity contribution in [2.24, 2.45) is 28.6 Å². The Balaban J connectivity index is 1.68. The lowest BCUT2D eigenvalue weighted by Crippen LogP contribution is -2.62. The monoisotopic (exact) mass is 396 g/mol. The summed E-state index contributed by atoms with van der Waals surface area (Å²) >= 11 is -1.57. The first-order valence-electron chi connectivity index (χ1n) is 10.4. The molecule has 1 unspecified atom stereocenters. The molecule has 27 heavy (non-hydrogen) atoms. The fraction of sp³-hybridized carbons (Fsp3) is 0.905. The zero-order valence-corrected chi connectivity index (χ0v) is 17.7. The van der Waals surface area contributed by atoms with E-state index in [1.165, 1.54) is 14.0 Å². The summed E-state index contributed by atoms with van der Waals surface area (Å²) in [5.41, 5.74) is -0.221. The molecule has 0 N–H and O–H groups in total. The number of Topliss-reactive ketones (excluding diaryl/α,β-unsaturated/α-hetero) is 1. The van der Waals surface area contributed by atoms with Crippen molar-refractivity contribution in [2.45, 2.75) is 83.0 Å². The van der Waals surface area contributed by atoms with Gasteiger partial charge in [-0.25, -0.2) is 4.21 Å². The van der Waals surface area contributed by atoms with E-state index in [4.69, 9.17) is 8.92 Å². The van der Waals surface area contributed by atoms with Crippen LogP contribution in [0.2, 0.25) is 0 Å². The number of ether oxygens (including phenoxy) is 1. The van der Waals surface area contributed by atoms with E-state index in [0.717, 1.165) is 38.5 Å². The third-order valence-corrected chi connectivity index (χ3v) is 10.8. The van der Waals surface area contributed by atoms with Gasteiger partial charge in [-0.1, -0.05) is 13.8 Å². The summed E-state index contributed by atoms with van der Waals surface area (Å²) in [6, 6.07) is 0. The second-order valence-electron chi connectivity index (χ2n) is 9.70. The zero-order chi connectivity index (χ0) is 19.6. The van der Waals surface area contributed by atoms with Crippen molar-refractivity contribution in [3.63, 3.8) is 0 Å². The minimum atomic E-state index is -1.57. The number of carbonyl (C=O) groups is 2. The van der Waals surface area contributed by atoms with Gasteiger partial charge in [0.25, 0.3) is 0 Å². The molecule has 0 bridgehead atoms. The van der Waals surface area contributed by atoms with E-state index in [1.807, 2.05) is 0 Å². The number of hydrogen-bond acceptors (Lipinski definition) is 5. The van der Waals surface area contributed by atoms with E-state index in [-0.39, 0.29) is 28.7 Å². The zero-order valence-electron chi connectivity index (χ0n) is 16.9. The van der Waals surface area contributed by atoms with Crippen LogP contribution in [0.1, 0.15) is 72.1 Å². The minimum Gasteiger partial charge on any atom is -0.462 e. The van der Waals surface area contributed by atoms with E-state index in [0.29, 0.717) is 30.6 Å². The van der Waals surface area contributed by atoms with Gasteiger partial charge in [0.15, 0.2) is 16.9 Å². The molecule has 0 aromatic rings. The van der Waals surface area contributed by atoms with Crippen molar-refractivity contribution < 1.29 is 22.7 Å². The summed E-state index contributed by atoms with van der Waals surface area (Å²) in [7, 11) is 1.46. The van der Waals surface area contributed by atoms with E-state index < -0.39 is 15.8 Å². The van der Waals surface area contributed by atoms with Gasteiger partial charge in [-0.05, 0) is 68.1 Å². The molecule has 0 aromatic carbocycles. The van der Waals surface area contributed by atoms with Crippen molar-refractivity contribution in [1.29, 1.82) is 0 Å². The maximum Gasteiger partial charge on any atom is 0.302 e. The number of fused-ring (bicyclic) bond motifs is 5. The fourth-order valence-electron chi connectivity index (χ4n) is 7.71. The van der Waals surface area contributed by atoms with Gasteiger partial charge >= 0.3 is 5.97 Å². The number of ketones is 1. The highest BCUT2D eigenvalue weighted by atomic mass is 32.2. The third kappa shape index (κ3) is 2.41. The van der Waals surface area contributed by atoms with Gasteiger partial charge in [-0.3, -0.25) is 13.8 Å². The molecule has 8 atom stereocenters. The Morgan fingerprint density at radius 2 is 1.81 bits per heavy atom. The topological polar surface area (TPSA) is 69.7 Å². The van der Waals surface area contributed by atoms with Crippen LogP contribution in [0, 0.1) is 28.6 Å². The van der Waals surface area contributed by atoms with Crippen LogP contribution in [-0.2, 0) is 29.6 Å². The van der Waals surface area contributed by atoms with Crippen molar-refractivity contribution in [2.75, 3.05) is 7.11 Å². The van der Waals surface area contributed by atoms with Gasteiger partial charge < -0.3 is 4.74 Å². The predicted octanol–water partition coefficient (Wildman–Crippen LogP) is 3.57. The molecule has 4 saturated carbocycles. The summed E-state index contributed by atoms with van der Waals surface area (Å²) in [5.74, 6) is 1.38. The molecule has 0 heterocycles. The Morgan fingerprint density at radius 3 is 2.48 bits per heavy atom. The summed E-state index contributed by atoms with van der Waals surface area (Å²) < 4.78 is 23.1. The van der Waals surface area contributed by atoms with Crippen molar-refractivity contribution in [1.82, 2.24) is 0 Å². The standard InChI is InChI=1S/C21H32O5S/c1-13(22)26-18-6-5-15-14-7-12-21(27(24)25-4)17(23)9-11-20(21,3)16(14)8-10-19(15,18)2/h14-16,18H,5-12H2,1-4H3/t14-,15-,16-,18-,19-,20+,21-,27?/m0/s1. The van der Waals surface area contributed by atoms with Crippen LogP contribution >= 0.6 is 0 Å². The summed E-state index contributed by atoms with van der Waals surface area (Å²) in [6.45, 7) is 6.00. The highest BCUT2D eigenvalue weighted by molar-refractivity contribution is 7.82. The second-order valence-corrected chi connectivity index (χ2v) is 11.2. The van der Waals surface area contributed by atoms with Gasteiger partial charge in [-0.2, -0.15) is 0 Å². The van der Waals surface area contributed by atoms with E-state index in [2.05, 4.69) is 13.8 Å². The third-order valence-electron chi connectivity index (χ3n) is 8.99. The van der Waals surface area contributed by atoms with Gasteiger partial charge in [0, 0.05) is 18.8 Å². The average molecular weight is 397 g/mol. The molecule has 5 nitrogen and oxygen atoms in total. The highest BCUT2D eigenvalue weighted by Gasteiger charge is 2.70. The first-order chi connectivity index (χ1) is 12.7. The van der Waals surface area contributed by atoms with Crippen LogP contribution in [0.15, 0.2) is 0 Å². The van der Waals surface area contributed by atoms with Crippen LogP contribution < -0.4 is 0 Å². The molecular formula is C21H32O5S. The number of esters is 1. The van der Waals surface area contributed by atoms with Crippen LogP contribution in [0.4, 0.5) is 0 Å². The fourth-order valence-corrected chi connectivity index (χ4v) is 9.20. The molecular weight excluding hydrogens is 364 g/mol. The molecule has 0 aliphatic heterocycles. The van der Waals surface area contributed by atoms with Gasteiger partial charge in [0.2, 0.25) is 0 Å². The first-order valence-corrected chi connectivity index (χ1v) is 11.4. The Bertz CT molecular complexity index is 692. The molecule has 0 radical (unpaired) electrons. The maximum atomic E-state index is 12.9. The Hall–Kier alpha value is -0.750. The lowest BCUT2D eigenvalue weighted by Gasteiger charge is -2.59. The summed E-state index contributed by atoms with van der Waals surface area (Å²) in [5, 5.41) is 0. The largest absolute Gasteiger partial charge is 0.462 e. The second kappa shape index (κ2) is 6.38. The van der Waals surface area contributed by atoms with E-state index in [9.17, 15) is 13.8 Å². The number of carbonyl (C=O) groups excluding carboxylic acids is 2. The van der Waals surface area contributed by atoms with Gasteiger partial charge in [0.1, 0.15) is 10.9 Å². The first kappa shape index (κ1) is 19.6. The Kier molecular flexibility index (Phi) is 4.62. The molecule has 0 amide bonds. The Morgan fingerprint density at radius 1 is 1.07 bits per heavy atom. The molecule has 4 aliphatic rings. The lowest BCUT2D eigenvalue weighted by atomic mass is 9.48. The molecule has 4 aliphatic carbocycles. The van der Waals surface area contributed by atoms with Crippen LogP contribution in [0.3, 0.4) is 0 Å². The molecule has 0 saturated heterocycles. The summed E-state index contributed by atoms with van der Waals surface area (Å²) in [4.78, 5) is 24.5. The maximum absolute atomic E-state index is 12.9. The quantitative estimate of drug-likeness (QED) is 0.682. The molecule has 152 valence electrons. The molecule has 0 spiro atoms. The molecule has 6 heteroatoms. The SMILES string of the molecule is COS(=O)[C@]12CC[C@H]3[C@@H]4CC[C@H](OC(C)=O)[C@@]4(C)CC[C@@H]3[C@@]1(C)CCC2=O. The average Bonchev–Trinajstić information content (AvgIpc) is 3.09. The van der Waals surface area contributed by atoms with Crippen LogP contribution in [-0.4, -0.2) is 33.9 Å². The number of rotatable bonds is 3. The predicted molar refractivity (Wildman–Crippen MR) is 102 cm³/mol. The van der Waals surface area contributed by atoms with Crippen molar-refractivity contribution >= 4 is 22.8 Å². The van der Waals surface area contributed by atoms with E-state index >= 15 is 0 Å². The Labute approximate surface area is 164 Å². The number of hydrogen-bond donors (Lipinski definition) is 0. The van der Waals surface area contributed by atoms with Crippen LogP contribution in [0.25, 0.3) is 0 Å². The molecule has 0 aromatic heterocycles. The van der Waals surface area contributed by atoms with Gasteiger partial charge in [0.05, 0.1) is 7.11 Å². The van der Waals surface area contributed by atoms with E-state index in [1.54, 1.807) is 0 Å². The lowest BCUT2D eigenvalue weighted by molar-refractivity contribution is -0.159. The molecule has 4 fully saturated rings. The minimum absolute atomic E-state index is 0.0127. The van der Waals surface area contributed by atoms with Gasteiger partial charge in [-0.15, -0.1) is 0 Å².